The Morgan fingerprint density at radius 2 is 2.07 bits per heavy atom. The number of carbonyl (C=O) groups is 1. The number of benzene rings is 1. The van der Waals surface area contributed by atoms with Crippen LogP contribution in [0.25, 0.3) is 0 Å². The minimum absolute atomic E-state index is 0. The summed E-state index contributed by atoms with van der Waals surface area (Å²) in [5, 5.41) is 2.63. The van der Waals surface area contributed by atoms with Crippen molar-refractivity contribution in [3.05, 3.63) is 24.3 Å². The molecule has 1 amide bonds. The van der Waals surface area contributed by atoms with Gasteiger partial charge in [-0.05, 0) is 37.9 Å². The maximum absolute atomic E-state index is 12.5. The highest BCUT2D eigenvalue weighted by atomic mass is 127. The number of alkyl halides is 3. The Hall–Kier alpha value is -1.76. The molecule has 0 aliphatic carbocycles. The zero-order valence-corrected chi connectivity index (χ0v) is 18.7. The van der Waals surface area contributed by atoms with Crippen molar-refractivity contribution < 1.29 is 22.7 Å². The lowest BCUT2D eigenvalue weighted by atomic mass is 10.2. The fourth-order valence-corrected chi connectivity index (χ4v) is 3.11. The van der Waals surface area contributed by atoms with Crippen LogP contribution in [0, 0.1) is 0 Å². The van der Waals surface area contributed by atoms with Gasteiger partial charge in [0.15, 0.2) is 11.7 Å². The normalized spacial score (nSPS) is 17.6. The van der Waals surface area contributed by atoms with Gasteiger partial charge in [0.05, 0.1) is 11.7 Å². The molecule has 1 fully saturated rings. The number of nitrogens with one attached hydrogen (secondary N) is 1. The van der Waals surface area contributed by atoms with Gasteiger partial charge < -0.3 is 20.7 Å². The first kappa shape index (κ1) is 25.3. The summed E-state index contributed by atoms with van der Waals surface area (Å²) in [4.78, 5) is 20.0. The maximum Gasteiger partial charge on any atom is 0.573 e. The molecule has 0 radical (unpaired) electrons. The van der Waals surface area contributed by atoms with Gasteiger partial charge in [-0.15, -0.1) is 37.1 Å². The van der Waals surface area contributed by atoms with Crippen molar-refractivity contribution in [1.82, 2.24) is 9.80 Å². The predicted octanol–water partition coefficient (Wildman–Crippen LogP) is 2.87. The highest BCUT2D eigenvalue weighted by Crippen LogP contribution is 2.29. The number of nitrogens with two attached hydrogens (primary N) is 1. The number of hydrogen-bond donors (Lipinski definition) is 2. The maximum atomic E-state index is 12.5. The molecule has 3 N–H and O–H groups in total. The quantitative estimate of drug-likeness (QED) is 0.246. The molecule has 11 heteroatoms. The number of amides is 1. The first-order valence-corrected chi connectivity index (χ1v) is 9.04. The minimum atomic E-state index is -4.79. The average molecular weight is 529 g/mol. The molecule has 1 aliphatic rings. The molecule has 1 atom stereocenters. The molecule has 1 heterocycles. The molecule has 164 valence electrons. The van der Waals surface area contributed by atoms with Crippen molar-refractivity contribution in [3.8, 4) is 5.75 Å². The number of anilines is 1. The number of likely N-dealkylation sites (N-methyl/N-ethyl adjacent to an activating group) is 1. The van der Waals surface area contributed by atoms with Gasteiger partial charge in [0.25, 0.3) is 0 Å². The van der Waals surface area contributed by atoms with E-state index in [-0.39, 0.29) is 53.3 Å². The van der Waals surface area contributed by atoms with Gasteiger partial charge in [0.2, 0.25) is 5.91 Å². The molecule has 0 aromatic heterocycles. The molecule has 0 bridgehead atoms. The van der Waals surface area contributed by atoms with Crippen LogP contribution in [-0.4, -0.2) is 67.8 Å². The van der Waals surface area contributed by atoms with Crippen LogP contribution in [0.3, 0.4) is 0 Å². The summed E-state index contributed by atoms with van der Waals surface area (Å²) in [6.45, 7) is 1.96. The Labute approximate surface area is 185 Å². The number of hydrogen-bond acceptors (Lipinski definition) is 4. The van der Waals surface area contributed by atoms with E-state index in [0.29, 0.717) is 19.5 Å². The van der Waals surface area contributed by atoms with Crippen molar-refractivity contribution >= 4 is 41.5 Å². The van der Waals surface area contributed by atoms with Crippen molar-refractivity contribution in [2.24, 2.45) is 10.7 Å². The van der Waals surface area contributed by atoms with Crippen LogP contribution in [0.5, 0.6) is 5.75 Å². The smallest absolute Gasteiger partial charge is 0.404 e. The van der Waals surface area contributed by atoms with E-state index in [9.17, 15) is 18.0 Å². The van der Waals surface area contributed by atoms with Crippen LogP contribution in [0.15, 0.2) is 29.3 Å². The van der Waals surface area contributed by atoms with Crippen molar-refractivity contribution in [2.45, 2.75) is 31.7 Å². The van der Waals surface area contributed by atoms with E-state index in [1.54, 1.807) is 25.1 Å². The fourth-order valence-electron chi connectivity index (χ4n) is 3.11. The fraction of sp³-hybridized carbons (Fsp3) is 0.556. The number of halogens is 4. The Morgan fingerprint density at radius 1 is 1.38 bits per heavy atom. The lowest BCUT2D eigenvalue weighted by molar-refractivity contribution is -0.274. The van der Waals surface area contributed by atoms with Gasteiger partial charge in [0, 0.05) is 27.2 Å². The molecule has 0 saturated carbocycles. The van der Waals surface area contributed by atoms with E-state index in [4.69, 9.17) is 5.73 Å². The molecular weight excluding hydrogens is 502 g/mol. The second-order valence-electron chi connectivity index (χ2n) is 6.72. The van der Waals surface area contributed by atoms with Crippen molar-refractivity contribution in [3.63, 3.8) is 0 Å². The summed E-state index contributed by atoms with van der Waals surface area (Å²) in [6.07, 6.45) is -2.28. The Balaban J connectivity index is 0.00000420. The lowest BCUT2D eigenvalue weighted by Crippen LogP contribution is -2.43. The standard InChI is InChI=1S/C18H26F3N5O2.HI/c1-25(2)16(27)14-8-5-11-26(14)12-6-10-23-17(22)24-13-7-3-4-9-15(13)28-18(19,20)21;/h3-4,7,9,14H,5-6,8,10-12H2,1-2H3,(H3,22,23,24);1H. The molecular formula is C18H27F3IN5O2. The number of para-hydroxylation sites is 2. The van der Waals surface area contributed by atoms with Gasteiger partial charge in [0.1, 0.15) is 0 Å². The van der Waals surface area contributed by atoms with E-state index >= 15 is 0 Å². The highest BCUT2D eigenvalue weighted by Gasteiger charge is 2.32. The van der Waals surface area contributed by atoms with E-state index in [0.717, 1.165) is 19.4 Å². The molecule has 1 aliphatic heterocycles. The molecule has 2 rings (SSSR count). The third kappa shape index (κ3) is 8.25. The van der Waals surface area contributed by atoms with E-state index in [1.165, 1.54) is 18.2 Å². The number of carbonyl (C=O) groups excluding carboxylic acids is 1. The topological polar surface area (TPSA) is 83.2 Å². The molecule has 0 spiro atoms. The summed E-state index contributed by atoms with van der Waals surface area (Å²) in [7, 11) is 3.49. The van der Waals surface area contributed by atoms with Gasteiger partial charge in [-0.3, -0.25) is 14.7 Å². The van der Waals surface area contributed by atoms with Gasteiger partial charge in [-0.1, -0.05) is 12.1 Å². The first-order valence-electron chi connectivity index (χ1n) is 9.04. The molecule has 1 aromatic carbocycles. The molecule has 7 nitrogen and oxygen atoms in total. The van der Waals surface area contributed by atoms with Gasteiger partial charge >= 0.3 is 6.36 Å². The summed E-state index contributed by atoms with van der Waals surface area (Å²) < 4.78 is 41.3. The number of nitrogens with zero attached hydrogens (tertiary/aromatic N) is 3. The third-order valence-corrected chi connectivity index (χ3v) is 4.35. The largest absolute Gasteiger partial charge is 0.573 e. The number of likely N-dealkylation sites (tertiary alicyclic amines) is 1. The average Bonchev–Trinajstić information content (AvgIpc) is 3.07. The SMILES string of the molecule is CN(C)C(=O)C1CCCN1CCCN=C(N)Nc1ccccc1OC(F)(F)F.I. The highest BCUT2D eigenvalue weighted by molar-refractivity contribution is 14.0. The van der Waals surface area contributed by atoms with E-state index < -0.39 is 6.36 Å². The Morgan fingerprint density at radius 3 is 2.72 bits per heavy atom. The first-order chi connectivity index (χ1) is 13.2. The lowest BCUT2D eigenvalue weighted by Gasteiger charge is -2.25. The van der Waals surface area contributed by atoms with E-state index in [1.807, 2.05) is 0 Å². The minimum Gasteiger partial charge on any atom is -0.404 e. The van der Waals surface area contributed by atoms with Crippen LogP contribution < -0.4 is 15.8 Å². The number of rotatable bonds is 7. The van der Waals surface area contributed by atoms with Gasteiger partial charge in [-0.2, -0.15) is 0 Å². The zero-order valence-electron chi connectivity index (χ0n) is 16.4. The predicted molar refractivity (Wildman–Crippen MR) is 117 cm³/mol. The zero-order chi connectivity index (χ0) is 20.7. The summed E-state index contributed by atoms with van der Waals surface area (Å²) in [5.41, 5.74) is 5.86. The monoisotopic (exact) mass is 529 g/mol. The molecule has 1 aromatic rings. The molecule has 1 unspecified atom stereocenters. The van der Waals surface area contributed by atoms with Crippen LogP contribution in [0.1, 0.15) is 19.3 Å². The Bertz CT molecular complexity index is 700. The van der Waals surface area contributed by atoms with Crippen LogP contribution in [-0.2, 0) is 4.79 Å². The summed E-state index contributed by atoms with van der Waals surface area (Å²) >= 11 is 0. The van der Waals surface area contributed by atoms with Crippen LogP contribution in [0.4, 0.5) is 18.9 Å². The van der Waals surface area contributed by atoms with Crippen molar-refractivity contribution in [1.29, 1.82) is 0 Å². The van der Waals surface area contributed by atoms with E-state index in [2.05, 4.69) is 19.9 Å². The molecule has 1 saturated heterocycles. The van der Waals surface area contributed by atoms with Crippen LogP contribution >= 0.6 is 24.0 Å². The van der Waals surface area contributed by atoms with Crippen molar-refractivity contribution in [2.75, 3.05) is 39.0 Å². The second-order valence-corrected chi connectivity index (χ2v) is 6.72. The second kappa shape index (κ2) is 11.4. The Kier molecular flexibility index (Phi) is 9.96. The summed E-state index contributed by atoms with van der Waals surface area (Å²) in [5.74, 6) is -0.278. The summed E-state index contributed by atoms with van der Waals surface area (Å²) in [6, 6.07) is 5.51. The number of guanidine groups is 1. The number of aliphatic imine (C=N–C) groups is 1. The van der Waals surface area contributed by atoms with Crippen LogP contribution in [0.2, 0.25) is 0 Å². The van der Waals surface area contributed by atoms with Gasteiger partial charge in [-0.25, -0.2) is 0 Å². The third-order valence-electron chi connectivity index (χ3n) is 4.35. The molecule has 29 heavy (non-hydrogen) atoms. The number of ether oxygens (including phenoxy) is 1.